The number of ether oxygens (including phenoxy) is 4. The summed E-state index contributed by atoms with van der Waals surface area (Å²) in [6.07, 6.45) is 11.8. The van der Waals surface area contributed by atoms with E-state index in [2.05, 4.69) is 238 Å². The van der Waals surface area contributed by atoms with Crippen molar-refractivity contribution in [2.45, 2.75) is 154 Å². The Morgan fingerprint density at radius 1 is 0.481 bits per heavy atom. The summed E-state index contributed by atoms with van der Waals surface area (Å²) in [6.45, 7) is 34.6. The number of rotatable bonds is 24. The molecule has 3 aromatic heterocycles. The number of methoxy groups -OCH3 is 1. The molecule has 1 unspecified atom stereocenters. The van der Waals surface area contributed by atoms with Crippen molar-refractivity contribution in [3.8, 4) is 54.1 Å². The molecule has 6 aromatic carbocycles. The number of piperazine rings is 3. The quantitative estimate of drug-likeness (QED) is 0.0434. The van der Waals surface area contributed by atoms with E-state index in [1.54, 1.807) is 21.8 Å². The monoisotopic (exact) mass is 1810 g/mol. The highest BCUT2D eigenvalue weighted by atomic mass is 16.5. The Labute approximate surface area is 792 Å². The maximum absolute atomic E-state index is 12.7. The number of nitriles is 6. The Hall–Kier alpha value is -13.8. The minimum Gasteiger partial charge on any atom is -0.477 e. The Balaban J connectivity index is 0.000000147. The molecule has 6 saturated heterocycles. The van der Waals surface area contributed by atoms with Crippen molar-refractivity contribution in [3.05, 3.63) is 214 Å². The molecule has 3 amide bonds. The van der Waals surface area contributed by atoms with E-state index in [0.717, 1.165) is 148 Å². The van der Waals surface area contributed by atoms with Gasteiger partial charge in [-0.1, -0.05) is 111 Å². The summed E-state index contributed by atoms with van der Waals surface area (Å²) in [4.78, 5) is 76.6. The second-order valence-corrected chi connectivity index (χ2v) is 36.9. The molecule has 28 heteroatoms. The number of hydrogen-bond acceptors (Lipinski definition) is 25. The van der Waals surface area contributed by atoms with Crippen LogP contribution in [0.3, 0.4) is 0 Å². The van der Waals surface area contributed by atoms with Crippen LogP contribution >= 0.6 is 0 Å². The second kappa shape index (κ2) is 43.0. The van der Waals surface area contributed by atoms with Gasteiger partial charge in [0.2, 0.25) is 35.4 Å². The summed E-state index contributed by atoms with van der Waals surface area (Å²) in [5.41, 5.74) is 16.9. The van der Waals surface area contributed by atoms with Gasteiger partial charge < -0.3 is 78.2 Å². The van der Waals surface area contributed by atoms with Gasteiger partial charge in [0.1, 0.15) is 41.0 Å². The van der Waals surface area contributed by atoms with Crippen LogP contribution in [0.25, 0.3) is 32.3 Å². The van der Waals surface area contributed by atoms with Crippen molar-refractivity contribution in [3.63, 3.8) is 0 Å². The van der Waals surface area contributed by atoms with Crippen LogP contribution in [0.5, 0.6) is 17.6 Å². The first-order chi connectivity index (χ1) is 65.8. The molecule has 0 aliphatic carbocycles. The molecule has 9 aromatic rings. The van der Waals surface area contributed by atoms with Gasteiger partial charge >= 0.3 is 0 Å². The van der Waals surface area contributed by atoms with Crippen molar-refractivity contribution < 1.29 is 33.3 Å². The Kier molecular flexibility index (Phi) is 30.1. The van der Waals surface area contributed by atoms with E-state index in [9.17, 15) is 46.0 Å². The number of amides is 3. The van der Waals surface area contributed by atoms with Gasteiger partial charge in [-0.2, -0.15) is 31.6 Å². The Morgan fingerprint density at radius 3 is 1.24 bits per heavy atom. The number of fused-ring (bicyclic) bond motifs is 6. The maximum atomic E-state index is 12.7. The van der Waals surface area contributed by atoms with Gasteiger partial charge in [-0.15, -0.1) is 0 Å². The number of pyridine rings is 3. The molecule has 6 fully saturated rings. The second-order valence-electron chi connectivity index (χ2n) is 36.9. The minimum atomic E-state index is -0.311. The summed E-state index contributed by atoms with van der Waals surface area (Å²) in [6, 6.07) is 51.9. The number of nitrogens with zero attached hydrogens (tertiary/aromatic N) is 20. The molecule has 0 saturated carbocycles. The van der Waals surface area contributed by atoms with Gasteiger partial charge in [-0.05, 0) is 168 Å². The fourth-order valence-corrected chi connectivity index (χ4v) is 21.8. The minimum absolute atomic E-state index is 0.156. The van der Waals surface area contributed by atoms with E-state index in [4.69, 9.17) is 33.9 Å². The van der Waals surface area contributed by atoms with Crippen LogP contribution in [0.2, 0.25) is 0 Å². The van der Waals surface area contributed by atoms with Gasteiger partial charge in [0.15, 0.2) is 0 Å². The molecule has 135 heavy (non-hydrogen) atoms. The third kappa shape index (κ3) is 20.2. The zero-order valence-corrected chi connectivity index (χ0v) is 78.6. The average Bonchev–Trinajstić information content (AvgIpc) is 1.76. The molecular weight excluding hydrogens is 1690 g/mol. The van der Waals surface area contributed by atoms with Crippen LogP contribution < -0.4 is 48.9 Å². The van der Waals surface area contributed by atoms with E-state index in [1.165, 1.54) is 84.3 Å². The number of carbonyl (C=O) groups excluding carboxylic acids is 3. The van der Waals surface area contributed by atoms with Crippen LogP contribution in [0, 0.1) is 94.7 Å². The molecule has 0 bridgehead atoms. The topological polar surface area (TPSA) is 317 Å². The molecular formula is C107H121N21O7. The van der Waals surface area contributed by atoms with Crippen LogP contribution in [0.1, 0.15) is 125 Å². The van der Waals surface area contributed by atoms with Crippen molar-refractivity contribution in [2.75, 3.05) is 175 Å². The Bertz CT molecular complexity index is 6230. The highest BCUT2D eigenvalue weighted by molar-refractivity contribution is 6.00. The molecule has 0 spiro atoms. The zero-order valence-electron chi connectivity index (χ0n) is 78.6. The summed E-state index contributed by atoms with van der Waals surface area (Å²) in [5, 5.41) is 71.4. The van der Waals surface area contributed by atoms with E-state index < -0.39 is 0 Å². The highest BCUT2D eigenvalue weighted by Gasteiger charge is 2.41. The molecule has 9 aliphatic heterocycles. The van der Waals surface area contributed by atoms with E-state index >= 15 is 0 Å². The SMILES string of the molecule is C=CC(=O)N1CCN(c2c(C#N)c(OCCCN3CCC(OC)C3)nc3c2CCN(c2cccc4cccc(C)c24)C3)C[C@@H]1CC#N.C=CC(=O)N1CCN(c2c(C#N)c(OC[C@@H]3CCN(C)C3)nc3c2CCN(c2cccc4cccc(C)c24)C3)C[C@@H]1CC#N.C=CC(=O)N1CCN(c2c(C#N)c(O[C@H](C)[C@H]3CCCN3)nc3c2CCN(c2cccc4cccc(C)c24)C3)C[C@@H]1CC#N. The number of anilines is 6. The van der Waals surface area contributed by atoms with Crippen molar-refractivity contribution in [1.82, 2.24) is 44.8 Å². The molecule has 7 atom stereocenters. The smallest absolute Gasteiger partial charge is 0.246 e. The van der Waals surface area contributed by atoms with Gasteiger partial charge in [0.25, 0.3) is 0 Å². The lowest BCUT2D eigenvalue weighted by Gasteiger charge is -2.43. The number of aryl methyl sites for hydroxylation is 3. The summed E-state index contributed by atoms with van der Waals surface area (Å²) in [5.74, 6) is 0.958. The van der Waals surface area contributed by atoms with Gasteiger partial charge in [0.05, 0.1) is 129 Å². The van der Waals surface area contributed by atoms with Gasteiger partial charge in [-0.3, -0.25) is 14.4 Å². The number of hydrogen-bond donors (Lipinski definition) is 1. The van der Waals surface area contributed by atoms with Crippen molar-refractivity contribution in [1.29, 1.82) is 31.6 Å². The number of likely N-dealkylation sites (tertiary alicyclic amines) is 2. The standard InChI is InChI=1S/C37H43N7O3.2C35H39N7O2/c1-4-34(45)44-20-19-43(23-28(44)12-15-38)36-30-14-18-42(33-11-6-10-27-9-5-8-26(2)35(27)33)25-32(30)40-37(31(36)22-39)47-21-7-16-41-17-13-29(24-41)46-3;1-4-32(43)42-19-18-41(21-26(42)13-15-36)34-27-14-17-40(31-12-6-10-25-9-5-8-23(2)33(25)31)22-30(27)39-35(28(34)20-37)44-24(3)29-11-7-16-38-29;1-4-32(43)42-18-17-41(21-27(42)11-14-36)34-28-13-16-40(31-10-6-9-26-8-5-7-24(2)33(26)31)22-30(28)38-35(29(34)19-37)44-23-25-12-15-39(3)20-25/h4-6,8-11,28-29H,1,7,12-14,16-21,23-25H2,2-3H3;4-6,8-10,12,24,26,29,38H,1,7,11,13-14,16-19,21-22H2,2-3H3;4-10,25,27H,1,11-13,15-18,20-23H2,2-3H3/t28-,29?;24-,26+,29-;25-,27+/m011/s1. The fraction of sp³-hybridized carbons (Fsp3) is 0.439. The Morgan fingerprint density at radius 2 is 0.881 bits per heavy atom. The van der Waals surface area contributed by atoms with E-state index in [0.29, 0.717) is 145 Å². The van der Waals surface area contributed by atoms with Crippen LogP contribution in [-0.4, -0.2) is 239 Å². The fourth-order valence-electron chi connectivity index (χ4n) is 21.8. The highest BCUT2D eigenvalue weighted by Crippen LogP contribution is 2.46. The predicted molar refractivity (Wildman–Crippen MR) is 526 cm³/mol. The van der Waals surface area contributed by atoms with Gasteiger partial charge in [-0.25, -0.2) is 15.0 Å². The number of carbonyl (C=O) groups is 3. The van der Waals surface area contributed by atoms with Gasteiger partial charge in [0, 0.05) is 174 Å². The lowest BCUT2D eigenvalue weighted by molar-refractivity contribution is -0.129. The third-order valence-electron chi connectivity index (χ3n) is 28.6. The maximum Gasteiger partial charge on any atom is 0.246 e. The van der Waals surface area contributed by atoms with Crippen molar-refractivity contribution in [2.24, 2.45) is 5.92 Å². The lowest BCUT2D eigenvalue weighted by Crippen LogP contribution is -2.55. The molecule has 1 N–H and O–H groups in total. The molecule has 9 aliphatic rings. The first-order valence-corrected chi connectivity index (χ1v) is 47.6. The predicted octanol–water partition coefficient (Wildman–Crippen LogP) is 13.6. The van der Waals surface area contributed by atoms with Crippen molar-refractivity contribution >= 4 is 84.2 Å². The first kappa shape index (κ1) is 94.4. The largest absolute Gasteiger partial charge is 0.477 e. The molecule has 12 heterocycles. The third-order valence-corrected chi connectivity index (χ3v) is 28.6. The molecule has 0 radical (unpaired) electrons. The average molecular weight is 1810 g/mol. The van der Waals surface area contributed by atoms with E-state index in [-0.39, 0.29) is 73.4 Å². The summed E-state index contributed by atoms with van der Waals surface area (Å²) in [7, 11) is 3.89. The lowest BCUT2D eigenvalue weighted by atomic mass is 9.95. The summed E-state index contributed by atoms with van der Waals surface area (Å²) < 4.78 is 24.8. The van der Waals surface area contributed by atoms with E-state index in [1.807, 2.05) is 6.92 Å². The number of aromatic nitrogens is 3. The van der Waals surface area contributed by atoms with Crippen LogP contribution in [-0.2, 0) is 58.0 Å². The van der Waals surface area contributed by atoms with Crippen LogP contribution in [0.15, 0.2) is 147 Å². The van der Waals surface area contributed by atoms with Crippen LogP contribution in [0.4, 0.5) is 34.1 Å². The normalized spacial score (nSPS) is 20.1. The summed E-state index contributed by atoms with van der Waals surface area (Å²) >= 11 is 0. The molecule has 18 rings (SSSR count). The zero-order chi connectivity index (χ0) is 94.5. The molecule has 28 nitrogen and oxygen atoms in total. The number of nitrogens with one attached hydrogen (secondary N) is 1. The number of benzene rings is 6. The molecule has 696 valence electrons. The first-order valence-electron chi connectivity index (χ1n) is 47.6.